The van der Waals surface area contributed by atoms with E-state index in [0.29, 0.717) is 6.61 Å². The number of ether oxygens (including phenoxy) is 1. The summed E-state index contributed by atoms with van der Waals surface area (Å²) >= 11 is 0. The van der Waals surface area contributed by atoms with Gasteiger partial charge in [-0.05, 0) is 31.0 Å². The fourth-order valence-corrected chi connectivity index (χ4v) is 1.56. The first-order valence-corrected chi connectivity index (χ1v) is 6.23. The highest BCUT2D eigenvalue weighted by atomic mass is 16.5. The molecule has 1 rings (SSSR count). The molecule has 2 nitrogen and oxygen atoms in total. The average Bonchev–Trinajstić information content (AvgIpc) is 2.33. The number of benzene rings is 1. The van der Waals surface area contributed by atoms with E-state index in [4.69, 9.17) is 4.74 Å². The van der Waals surface area contributed by atoms with E-state index in [1.807, 2.05) is 6.92 Å². The summed E-state index contributed by atoms with van der Waals surface area (Å²) in [6, 6.07) is 8.42. The van der Waals surface area contributed by atoms with Crippen LogP contribution in [0, 0.1) is 0 Å². The minimum absolute atomic E-state index is 0.689. The molecule has 0 aliphatic heterocycles. The summed E-state index contributed by atoms with van der Waals surface area (Å²) in [5.74, 6) is 0. The Hall–Kier alpha value is -1.12. The van der Waals surface area contributed by atoms with Crippen LogP contribution in [0.15, 0.2) is 36.4 Å². The smallest absolute Gasteiger partial charge is 0.0720 e. The Bertz CT molecular complexity index is 347. The minimum Gasteiger partial charge on any atom is -0.376 e. The Morgan fingerprint density at radius 2 is 2.00 bits per heavy atom. The SMILES string of the molecule is C=C(C)CCOCc1ccccc1CNCC. The van der Waals surface area contributed by atoms with Crippen molar-refractivity contribution < 1.29 is 4.74 Å². The molecular weight excluding hydrogens is 210 g/mol. The predicted octanol–water partition coefficient (Wildman–Crippen LogP) is 3.28. The van der Waals surface area contributed by atoms with Crippen molar-refractivity contribution in [2.75, 3.05) is 13.2 Å². The fourth-order valence-electron chi connectivity index (χ4n) is 1.56. The van der Waals surface area contributed by atoms with Gasteiger partial charge in [0.15, 0.2) is 0 Å². The third-order valence-corrected chi connectivity index (χ3v) is 2.61. The number of nitrogens with one attached hydrogen (secondary N) is 1. The van der Waals surface area contributed by atoms with Crippen molar-refractivity contribution in [1.82, 2.24) is 5.32 Å². The first-order chi connectivity index (χ1) is 8.24. The van der Waals surface area contributed by atoms with Crippen LogP contribution >= 0.6 is 0 Å². The van der Waals surface area contributed by atoms with Gasteiger partial charge < -0.3 is 10.1 Å². The molecule has 0 unspecified atom stereocenters. The van der Waals surface area contributed by atoms with Crippen LogP contribution in [-0.2, 0) is 17.9 Å². The summed E-state index contributed by atoms with van der Waals surface area (Å²) < 4.78 is 5.66. The summed E-state index contributed by atoms with van der Waals surface area (Å²) in [4.78, 5) is 0. The molecule has 0 spiro atoms. The highest BCUT2D eigenvalue weighted by molar-refractivity contribution is 5.26. The Kier molecular flexibility index (Phi) is 6.60. The van der Waals surface area contributed by atoms with Gasteiger partial charge in [-0.2, -0.15) is 0 Å². The molecule has 94 valence electrons. The monoisotopic (exact) mass is 233 g/mol. The molecule has 0 fully saturated rings. The maximum absolute atomic E-state index is 5.66. The second-order valence-electron chi connectivity index (χ2n) is 4.31. The lowest BCUT2D eigenvalue weighted by Crippen LogP contribution is -2.13. The summed E-state index contributed by atoms with van der Waals surface area (Å²) in [5.41, 5.74) is 3.77. The maximum atomic E-state index is 5.66. The molecular formula is C15H23NO. The van der Waals surface area contributed by atoms with E-state index in [1.165, 1.54) is 16.7 Å². The average molecular weight is 233 g/mol. The molecule has 0 aromatic heterocycles. The molecule has 0 saturated heterocycles. The second kappa shape index (κ2) is 8.04. The first-order valence-electron chi connectivity index (χ1n) is 6.23. The minimum atomic E-state index is 0.689. The number of hydrogen-bond donors (Lipinski definition) is 1. The lowest BCUT2D eigenvalue weighted by Gasteiger charge is -2.10. The molecule has 1 aromatic carbocycles. The molecule has 17 heavy (non-hydrogen) atoms. The van der Waals surface area contributed by atoms with Gasteiger partial charge in [-0.25, -0.2) is 0 Å². The summed E-state index contributed by atoms with van der Waals surface area (Å²) in [6.07, 6.45) is 0.940. The predicted molar refractivity (Wildman–Crippen MR) is 72.9 cm³/mol. The molecule has 0 aliphatic rings. The van der Waals surface area contributed by atoms with E-state index in [-0.39, 0.29) is 0 Å². The Balaban J connectivity index is 2.43. The van der Waals surface area contributed by atoms with E-state index >= 15 is 0 Å². The Morgan fingerprint density at radius 3 is 2.65 bits per heavy atom. The Labute approximate surface area is 105 Å². The highest BCUT2D eigenvalue weighted by Crippen LogP contribution is 2.10. The molecule has 2 heteroatoms. The maximum Gasteiger partial charge on any atom is 0.0720 e. The molecule has 0 radical (unpaired) electrons. The van der Waals surface area contributed by atoms with Gasteiger partial charge in [0.1, 0.15) is 0 Å². The molecule has 0 heterocycles. The van der Waals surface area contributed by atoms with Crippen LogP contribution in [0.5, 0.6) is 0 Å². The van der Waals surface area contributed by atoms with Gasteiger partial charge in [0, 0.05) is 6.54 Å². The summed E-state index contributed by atoms with van der Waals surface area (Å²) in [5, 5.41) is 3.34. The largest absolute Gasteiger partial charge is 0.376 e. The van der Waals surface area contributed by atoms with Crippen LogP contribution < -0.4 is 5.32 Å². The van der Waals surface area contributed by atoms with Crippen molar-refractivity contribution in [3.63, 3.8) is 0 Å². The number of rotatable bonds is 8. The molecule has 0 bridgehead atoms. The van der Waals surface area contributed by atoms with E-state index in [1.54, 1.807) is 0 Å². The van der Waals surface area contributed by atoms with E-state index in [0.717, 1.165) is 26.1 Å². The van der Waals surface area contributed by atoms with Crippen molar-refractivity contribution in [1.29, 1.82) is 0 Å². The third-order valence-electron chi connectivity index (χ3n) is 2.61. The van der Waals surface area contributed by atoms with Crippen LogP contribution in [0.3, 0.4) is 0 Å². The van der Waals surface area contributed by atoms with E-state index in [9.17, 15) is 0 Å². The van der Waals surface area contributed by atoms with Crippen molar-refractivity contribution in [2.24, 2.45) is 0 Å². The lowest BCUT2D eigenvalue weighted by molar-refractivity contribution is 0.123. The summed E-state index contributed by atoms with van der Waals surface area (Å²) in [6.45, 7) is 11.4. The molecule has 0 aliphatic carbocycles. The van der Waals surface area contributed by atoms with Crippen molar-refractivity contribution in [2.45, 2.75) is 33.4 Å². The van der Waals surface area contributed by atoms with Gasteiger partial charge in [0.25, 0.3) is 0 Å². The zero-order chi connectivity index (χ0) is 12.5. The molecule has 0 amide bonds. The van der Waals surface area contributed by atoms with E-state index in [2.05, 4.69) is 43.1 Å². The molecule has 0 atom stereocenters. The quantitative estimate of drug-likeness (QED) is 0.549. The molecule has 1 N–H and O–H groups in total. The normalized spacial score (nSPS) is 10.5. The van der Waals surface area contributed by atoms with Gasteiger partial charge in [-0.1, -0.05) is 36.8 Å². The van der Waals surface area contributed by atoms with Gasteiger partial charge in [-0.3, -0.25) is 0 Å². The number of hydrogen-bond acceptors (Lipinski definition) is 2. The fraction of sp³-hybridized carbons (Fsp3) is 0.467. The molecule has 1 aromatic rings. The van der Waals surface area contributed by atoms with Gasteiger partial charge >= 0.3 is 0 Å². The Morgan fingerprint density at radius 1 is 1.29 bits per heavy atom. The van der Waals surface area contributed by atoms with Crippen LogP contribution in [-0.4, -0.2) is 13.2 Å². The van der Waals surface area contributed by atoms with E-state index < -0.39 is 0 Å². The first kappa shape index (κ1) is 13.9. The standard InChI is InChI=1S/C15H23NO/c1-4-16-11-14-7-5-6-8-15(14)12-17-10-9-13(2)3/h5-8,16H,2,4,9-12H2,1,3H3. The topological polar surface area (TPSA) is 21.3 Å². The van der Waals surface area contributed by atoms with Crippen LogP contribution in [0.2, 0.25) is 0 Å². The van der Waals surface area contributed by atoms with Crippen molar-refractivity contribution in [3.8, 4) is 0 Å². The zero-order valence-corrected chi connectivity index (χ0v) is 11.0. The van der Waals surface area contributed by atoms with Crippen LogP contribution in [0.4, 0.5) is 0 Å². The van der Waals surface area contributed by atoms with Gasteiger partial charge in [0.05, 0.1) is 13.2 Å². The molecule has 0 saturated carbocycles. The zero-order valence-electron chi connectivity index (χ0n) is 11.0. The van der Waals surface area contributed by atoms with Crippen molar-refractivity contribution >= 4 is 0 Å². The van der Waals surface area contributed by atoms with Crippen LogP contribution in [0.25, 0.3) is 0 Å². The second-order valence-corrected chi connectivity index (χ2v) is 4.31. The van der Waals surface area contributed by atoms with Crippen molar-refractivity contribution in [3.05, 3.63) is 47.5 Å². The highest BCUT2D eigenvalue weighted by Gasteiger charge is 2.01. The third kappa shape index (κ3) is 5.66. The van der Waals surface area contributed by atoms with Gasteiger partial charge in [0.2, 0.25) is 0 Å². The van der Waals surface area contributed by atoms with Gasteiger partial charge in [-0.15, -0.1) is 6.58 Å². The lowest BCUT2D eigenvalue weighted by atomic mass is 10.1. The summed E-state index contributed by atoms with van der Waals surface area (Å²) in [7, 11) is 0. The van der Waals surface area contributed by atoms with Crippen LogP contribution in [0.1, 0.15) is 31.4 Å².